The van der Waals surface area contributed by atoms with Gasteiger partial charge in [0.25, 0.3) is 0 Å². The molecular formula is C17H11ClN4O2. The van der Waals surface area contributed by atoms with Crippen LogP contribution < -0.4 is 0 Å². The fraction of sp³-hybridized carbons (Fsp3) is 0.0588. The molecular weight excluding hydrogens is 328 g/mol. The molecule has 0 unspecified atom stereocenters. The predicted octanol–water partition coefficient (Wildman–Crippen LogP) is 3.38. The van der Waals surface area contributed by atoms with Gasteiger partial charge in [-0.05, 0) is 34.7 Å². The summed E-state index contributed by atoms with van der Waals surface area (Å²) in [5, 5.41) is 13.4. The lowest BCUT2D eigenvalue weighted by Crippen LogP contribution is -2.04. The molecule has 0 atom stereocenters. The summed E-state index contributed by atoms with van der Waals surface area (Å²) in [6.07, 6.45) is 0. The summed E-state index contributed by atoms with van der Waals surface area (Å²) in [6.45, 7) is 0. The van der Waals surface area contributed by atoms with E-state index in [4.69, 9.17) is 16.3 Å². The number of esters is 1. The quantitative estimate of drug-likeness (QED) is 0.524. The highest BCUT2D eigenvalue weighted by molar-refractivity contribution is 6.31. The summed E-state index contributed by atoms with van der Waals surface area (Å²) >= 11 is 6.09. The first-order chi connectivity index (χ1) is 11.7. The van der Waals surface area contributed by atoms with Gasteiger partial charge in [-0.1, -0.05) is 35.9 Å². The van der Waals surface area contributed by atoms with Crippen LogP contribution in [0, 0.1) is 0 Å². The number of halogens is 1. The Hall–Kier alpha value is -2.99. The summed E-state index contributed by atoms with van der Waals surface area (Å²) in [7, 11) is 1.36. The zero-order valence-electron chi connectivity index (χ0n) is 12.6. The highest BCUT2D eigenvalue weighted by Gasteiger charge is 2.18. The molecule has 0 radical (unpaired) electrons. The van der Waals surface area contributed by atoms with Crippen molar-refractivity contribution in [1.29, 1.82) is 0 Å². The van der Waals surface area contributed by atoms with Gasteiger partial charge in [0.1, 0.15) is 0 Å². The molecule has 2 aromatic carbocycles. The molecule has 7 heteroatoms. The van der Waals surface area contributed by atoms with Crippen LogP contribution in [0.3, 0.4) is 0 Å². The maximum atomic E-state index is 12.1. The lowest BCUT2D eigenvalue weighted by molar-refractivity contribution is 0.0601. The average molecular weight is 339 g/mol. The third-order valence-electron chi connectivity index (χ3n) is 3.85. The molecule has 4 aromatic rings. The lowest BCUT2D eigenvalue weighted by atomic mass is 9.99. The zero-order chi connectivity index (χ0) is 16.7. The van der Waals surface area contributed by atoms with Crippen LogP contribution in [0.2, 0.25) is 5.02 Å². The minimum Gasteiger partial charge on any atom is -0.465 e. The van der Waals surface area contributed by atoms with Gasteiger partial charge in [-0.2, -0.15) is 4.52 Å². The number of carbonyl (C=O) groups excluding carboxylic acids is 1. The molecule has 118 valence electrons. The van der Waals surface area contributed by atoms with Gasteiger partial charge in [-0.3, -0.25) is 0 Å². The Balaban J connectivity index is 2.09. The smallest absolute Gasteiger partial charge is 0.338 e. The van der Waals surface area contributed by atoms with E-state index < -0.39 is 5.97 Å². The van der Waals surface area contributed by atoms with Gasteiger partial charge in [0, 0.05) is 21.5 Å². The Bertz CT molecular complexity index is 1090. The fourth-order valence-corrected chi connectivity index (χ4v) is 2.93. The van der Waals surface area contributed by atoms with E-state index in [0.717, 1.165) is 16.5 Å². The van der Waals surface area contributed by atoms with Crippen LogP contribution in [0.4, 0.5) is 0 Å². The number of benzene rings is 2. The molecule has 0 N–H and O–H groups in total. The van der Waals surface area contributed by atoms with E-state index in [9.17, 15) is 4.79 Å². The molecule has 0 amide bonds. The van der Waals surface area contributed by atoms with Gasteiger partial charge in [0.05, 0.1) is 18.2 Å². The maximum Gasteiger partial charge on any atom is 0.338 e. The fourth-order valence-electron chi connectivity index (χ4n) is 2.76. The summed E-state index contributed by atoms with van der Waals surface area (Å²) in [6, 6.07) is 14.6. The summed E-state index contributed by atoms with van der Waals surface area (Å²) in [5.74, 6) is -0.410. The van der Waals surface area contributed by atoms with E-state index in [1.165, 1.54) is 7.11 Å². The van der Waals surface area contributed by atoms with Crippen molar-refractivity contribution in [2.75, 3.05) is 7.11 Å². The second-order valence-electron chi connectivity index (χ2n) is 5.21. The molecule has 6 nitrogen and oxygen atoms in total. The van der Waals surface area contributed by atoms with Crippen LogP contribution >= 0.6 is 11.6 Å². The number of tetrazole rings is 1. The monoisotopic (exact) mass is 338 g/mol. The normalized spacial score (nSPS) is 11.1. The number of methoxy groups -OCH3 is 1. The first kappa shape index (κ1) is 14.6. The zero-order valence-corrected chi connectivity index (χ0v) is 13.4. The van der Waals surface area contributed by atoms with Crippen molar-refractivity contribution in [3.8, 4) is 11.1 Å². The number of hydrogen-bond acceptors (Lipinski definition) is 5. The van der Waals surface area contributed by atoms with E-state index in [-0.39, 0.29) is 0 Å². The topological polar surface area (TPSA) is 69.4 Å². The molecule has 24 heavy (non-hydrogen) atoms. The second kappa shape index (κ2) is 5.58. The Labute approximate surface area is 141 Å². The third kappa shape index (κ3) is 2.19. The molecule has 2 heterocycles. The van der Waals surface area contributed by atoms with Crippen LogP contribution in [-0.2, 0) is 4.74 Å². The Morgan fingerprint density at radius 3 is 2.79 bits per heavy atom. The highest BCUT2D eigenvalue weighted by Crippen LogP contribution is 2.31. The van der Waals surface area contributed by atoms with E-state index in [1.807, 2.05) is 24.3 Å². The number of fused-ring (bicyclic) bond motifs is 3. The minimum atomic E-state index is -0.410. The molecule has 0 saturated heterocycles. The molecule has 0 bridgehead atoms. The van der Waals surface area contributed by atoms with Gasteiger partial charge in [0.15, 0.2) is 5.65 Å². The van der Waals surface area contributed by atoms with E-state index >= 15 is 0 Å². The number of carbonyl (C=O) groups is 1. The van der Waals surface area contributed by atoms with Crippen molar-refractivity contribution in [3.63, 3.8) is 0 Å². The largest absolute Gasteiger partial charge is 0.465 e. The van der Waals surface area contributed by atoms with E-state index in [2.05, 4.69) is 15.5 Å². The standard InChI is InChI=1S/C17H11ClN4O2/c1-24-17(23)13-5-3-2-4-12(13)14-8-10-6-7-11(18)9-15(10)22-16(14)19-20-21-22/h2-9H,1H3. The molecule has 0 fully saturated rings. The Morgan fingerprint density at radius 1 is 1.12 bits per heavy atom. The Morgan fingerprint density at radius 2 is 1.96 bits per heavy atom. The van der Waals surface area contributed by atoms with Crippen molar-refractivity contribution < 1.29 is 9.53 Å². The van der Waals surface area contributed by atoms with Gasteiger partial charge in [-0.15, -0.1) is 5.10 Å². The summed E-state index contributed by atoms with van der Waals surface area (Å²) < 4.78 is 6.50. The van der Waals surface area contributed by atoms with Gasteiger partial charge >= 0.3 is 5.97 Å². The summed E-state index contributed by atoms with van der Waals surface area (Å²) in [4.78, 5) is 12.1. The molecule has 0 spiro atoms. The maximum absolute atomic E-state index is 12.1. The van der Waals surface area contributed by atoms with Crippen LogP contribution in [0.15, 0.2) is 48.5 Å². The second-order valence-corrected chi connectivity index (χ2v) is 5.65. The Kier molecular flexibility index (Phi) is 3.39. The number of nitrogens with zero attached hydrogens (tertiary/aromatic N) is 4. The molecule has 0 aliphatic rings. The SMILES string of the molecule is COC(=O)c1ccccc1-c1cc2ccc(Cl)cc2n2nnnc12. The lowest BCUT2D eigenvalue weighted by Gasteiger charge is -2.10. The predicted molar refractivity (Wildman–Crippen MR) is 90.1 cm³/mol. The molecule has 0 saturated carbocycles. The minimum absolute atomic E-state index is 0.410. The number of pyridine rings is 1. The number of ether oxygens (including phenoxy) is 1. The molecule has 0 aliphatic carbocycles. The van der Waals surface area contributed by atoms with Crippen molar-refractivity contribution in [2.45, 2.75) is 0 Å². The van der Waals surface area contributed by atoms with E-state index in [0.29, 0.717) is 21.8 Å². The van der Waals surface area contributed by atoms with Crippen LogP contribution in [0.25, 0.3) is 27.7 Å². The van der Waals surface area contributed by atoms with Gasteiger partial charge in [-0.25, -0.2) is 4.79 Å². The molecule has 4 rings (SSSR count). The number of hydrogen-bond donors (Lipinski definition) is 0. The van der Waals surface area contributed by atoms with Crippen molar-refractivity contribution in [2.24, 2.45) is 0 Å². The number of rotatable bonds is 2. The van der Waals surface area contributed by atoms with E-state index in [1.54, 1.807) is 28.8 Å². The summed E-state index contributed by atoms with van der Waals surface area (Å²) in [5.41, 5.74) is 3.25. The third-order valence-corrected chi connectivity index (χ3v) is 4.09. The van der Waals surface area contributed by atoms with Gasteiger partial charge < -0.3 is 4.74 Å². The van der Waals surface area contributed by atoms with Crippen LogP contribution in [0.5, 0.6) is 0 Å². The average Bonchev–Trinajstić information content (AvgIpc) is 3.10. The highest BCUT2D eigenvalue weighted by atomic mass is 35.5. The van der Waals surface area contributed by atoms with Crippen LogP contribution in [-0.4, -0.2) is 33.1 Å². The number of aromatic nitrogens is 4. The van der Waals surface area contributed by atoms with Crippen molar-refractivity contribution in [1.82, 2.24) is 20.0 Å². The van der Waals surface area contributed by atoms with Crippen LogP contribution in [0.1, 0.15) is 10.4 Å². The molecule has 2 aromatic heterocycles. The molecule has 0 aliphatic heterocycles. The first-order valence-electron chi connectivity index (χ1n) is 7.17. The van der Waals surface area contributed by atoms with Gasteiger partial charge in [0.2, 0.25) is 0 Å². The van der Waals surface area contributed by atoms with Crippen molar-refractivity contribution >= 4 is 34.1 Å². The van der Waals surface area contributed by atoms with Crippen molar-refractivity contribution in [3.05, 3.63) is 59.1 Å². The first-order valence-corrected chi connectivity index (χ1v) is 7.55.